The second-order valence-corrected chi connectivity index (χ2v) is 5.71. The molecule has 0 bridgehead atoms. The number of fused-ring (bicyclic) bond motifs is 1. The lowest BCUT2D eigenvalue weighted by Gasteiger charge is -2.04. The number of benzene rings is 2. The highest BCUT2D eigenvalue weighted by atomic mass is 35.5. The SMILES string of the molecule is Cc1c(C(=O)c2ccc(Cl)cc2)c2cc(O)ccc2n1CC=O. The Morgan fingerprint density at radius 1 is 1.22 bits per heavy atom. The molecule has 5 heteroatoms. The number of carbonyl (C=O) groups excluding carboxylic acids is 2. The number of hydrogen-bond donors (Lipinski definition) is 1. The van der Waals surface area contributed by atoms with Crippen molar-refractivity contribution >= 4 is 34.6 Å². The van der Waals surface area contributed by atoms with Gasteiger partial charge in [0.05, 0.1) is 12.1 Å². The van der Waals surface area contributed by atoms with Crippen molar-refractivity contribution in [3.8, 4) is 5.75 Å². The molecule has 0 aliphatic carbocycles. The third-order valence-electron chi connectivity index (χ3n) is 3.90. The van der Waals surface area contributed by atoms with Crippen LogP contribution in [-0.2, 0) is 11.3 Å². The minimum Gasteiger partial charge on any atom is -0.508 e. The van der Waals surface area contributed by atoms with Crippen molar-refractivity contribution in [2.24, 2.45) is 0 Å². The average Bonchev–Trinajstić information content (AvgIpc) is 2.79. The molecule has 0 atom stereocenters. The summed E-state index contributed by atoms with van der Waals surface area (Å²) in [5.74, 6) is -0.0923. The average molecular weight is 328 g/mol. The summed E-state index contributed by atoms with van der Waals surface area (Å²) in [6.07, 6.45) is 0.788. The fraction of sp³-hybridized carbons (Fsp3) is 0.111. The molecule has 3 aromatic rings. The number of phenols is 1. The van der Waals surface area contributed by atoms with Crippen molar-refractivity contribution in [3.05, 3.63) is 64.3 Å². The molecule has 0 saturated heterocycles. The maximum atomic E-state index is 12.9. The van der Waals surface area contributed by atoms with Crippen molar-refractivity contribution in [3.63, 3.8) is 0 Å². The van der Waals surface area contributed by atoms with Crippen LogP contribution in [0.5, 0.6) is 5.75 Å². The topological polar surface area (TPSA) is 59.3 Å². The molecular weight excluding hydrogens is 314 g/mol. The van der Waals surface area contributed by atoms with E-state index in [-0.39, 0.29) is 18.1 Å². The summed E-state index contributed by atoms with van der Waals surface area (Å²) in [6.45, 7) is 1.95. The quantitative estimate of drug-likeness (QED) is 0.586. The Morgan fingerprint density at radius 3 is 2.57 bits per heavy atom. The van der Waals surface area contributed by atoms with Crippen LogP contribution in [0.15, 0.2) is 42.5 Å². The largest absolute Gasteiger partial charge is 0.508 e. The number of carbonyl (C=O) groups is 2. The third-order valence-corrected chi connectivity index (χ3v) is 4.15. The number of aromatic nitrogens is 1. The van der Waals surface area contributed by atoms with E-state index in [1.165, 1.54) is 0 Å². The predicted octanol–water partition coefficient (Wildman–Crippen LogP) is 3.74. The smallest absolute Gasteiger partial charge is 0.195 e. The predicted molar refractivity (Wildman–Crippen MR) is 89.3 cm³/mol. The molecule has 3 rings (SSSR count). The Bertz CT molecular complexity index is 910. The summed E-state index contributed by atoms with van der Waals surface area (Å²) < 4.78 is 1.77. The molecule has 0 spiro atoms. The molecule has 116 valence electrons. The maximum Gasteiger partial charge on any atom is 0.195 e. The standard InChI is InChI=1S/C18H14ClNO3/c1-11-17(18(23)12-2-4-13(19)5-3-12)15-10-14(22)6-7-16(15)20(11)8-9-21/h2-7,9-10,22H,8H2,1H3. The van der Waals surface area contributed by atoms with Gasteiger partial charge in [0.25, 0.3) is 0 Å². The number of hydrogen-bond acceptors (Lipinski definition) is 3. The highest BCUT2D eigenvalue weighted by Crippen LogP contribution is 2.30. The van der Waals surface area contributed by atoms with Gasteiger partial charge in [0, 0.05) is 27.2 Å². The van der Waals surface area contributed by atoms with E-state index in [2.05, 4.69) is 0 Å². The minimum atomic E-state index is -0.167. The monoisotopic (exact) mass is 327 g/mol. The molecule has 4 nitrogen and oxygen atoms in total. The van der Waals surface area contributed by atoms with Crippen molar-refractivity contribution in [1.29, 1.82) is 0 Å². The van der Waals surface area contributed by atoms with E-state index >= 15 is 0 Å². The number of halogens is 1. The number of ketones is 1. The van der Waals surface area contributed by atoms with E-state index in [4.69, 9.17) is 11.6 Å². The molecule has 23 heavy (non-hydrogen) atoms. The first-order chi connectivity index (χ1) is 11.0. The first kappa shape index (κ1) is 15.3. The van der Waals surface area contributed by atoms with Crippen LogP contribution >= 0.6 is 11.6 Å². The lowest BCUT2D eigenvalue weighted by molar-refractivity contribution is -0.108. The van der Waals surface area contributed by atoms with E-state index < -0.39 is 0 Å². The lowest BCUT2D eigenvalue weighted by Crippen LogP contribution is -2.06. The normalized spacial score (nSPS) is 10.9. The van der Waals surface area contributed by atoms with Gasteiger partial charge in [0.1, 0.15) is 12.0 Å². The van der Waals surface area contributed by atoms with Crippen molar-refractivity contribution < 1.29 is 14.7 Å². The second-order valence-electron chi connectivity index (χ2n) is 5.28. The molecule has 1 N–H and O–H groups in total. The van der Waals surface area contributed by atoms with Crippen LogP contribution in [-0.4, -0.2) is 21.7 Å². The highest BCUT2D eigenvalue weighted by Gasteiger charge is 2.21. The first-order valence-electron chi connectivity index (χ1n) is 7.08. The van der Waals surface area contributed by atoms with E-state index in [1.807, 2.05) is 0 Å². The Kier molecular flexibility index (Phi) is 3.92. The van der Waals surface area contributed by atoms with Gasteiger partial charge in [-0.15, -0.1) is 0 Å². The Balaban J connectivity index is 2.25. The molecule has 0 fully saturated rings. The van der Waals surface area contributed by atoms with Crippen LogP contribution in [0.25, 0.3) is 10.9 Å². The maximum absolute atomic E-state index is 12.9. The van der Waals surface area contributed by atoms with Crippen LogP contribution in [0.2, 0.25) is 5.02 Å². The molecule has 0 unspecified atom stereocenters. The third kappa shape index (κ3) is 2.62. The van der Waals surface area contributed by atoms with Gasteiger partial charge in [-0.3, -0.25) is 4.79 Å². The summed E-state index contributed by atoms with van der Waals surface area (Å²) in [4.78, 5) is 23.8. The Labute approximate surface area is 137 Å². The number of nitrogens with zero attached hydrogens (tertiary/aromatic N) is 1. The van der Waals surface area contributed by atoms with Crippen molar-refractivity contribution in [2.75, 3.05) is 0 Å². The molecule has 2 aromatic carbocycles. The van der Waals surface area contributed by atoms with E-state index in [0.717, 1.165) is 11.8 Å². The fourth-order valence-corrected chi connectivity index (χ4v) is 2.94. The summed E-state index contributed by atoms with van der Waals surface area (Å²) in [5.41, 5.74) is 2.42. The van der Waals surface area contributed by atoms with Crippen LogP contribution in [0, 0.1) is 6.92 Å². The summed E-state index contributed by atoms with van der Waals surface area (Å²) in [5, 5.41) is 10.9. The molecule has 0 radical (unpaired) electrons. The number of aldehydes is 1. The molecule has 0 saturated carbocycles. The molecular formula is C18H14ClNO3. The van der Waals surface area contributed by atoms with E-state index in [0.29, 0.717) is 27.2 Å². The molecule has 0 aliphatic heterocycles. The van der Waals surface area contributed by atoms with Crippen molar-refractivity contribution in [2.45, 2.75) is 13.5 Å². The number of aromatic hydroxyl groups is 1. The van der Waals surface area contributed by atoms with Crippen LogP contribution in [0.4, 0.5) is 0 Å². The van der Waals surface area contributed by atoms with Gasteiger partial charge in [-0.05, 0) is 49.4 Å². The molecule has 0 aliphatic rings. The lowest BCUT2D eigenvalue weighted by atomic mass is 10.0. The fourth-order valence-electron chi connectivity index (χ4n) is 2.81. The van der Waals surface area contributed by atoms with Crippen molar-refractivity contribution in [1.82, 2.24) is 4.57 Å². The zero-order chi connectivity index (χ0) is 16.6. The minimum absolute atomic E-state index is 0.0749. The zero-order valence-electron chi connectivity index (χ0n) is 12.4. The van der Waals surface area contributed by atoms with E-state index in [9.17, 15) is 14.7 Å². The van der Waals surface area contributed by atoms with Gasteiger partial charge in [-0.1, -0.05) is 11.6 Å². The molecule has 0 amide bonds. The van der Waals surface area contributed by atoms with Gasteiger partial charge in [0.2, 0.25) is 0 Å². The van der Waals surface area contributed by atoms with Gasteiger partial charge in [-0.2, -0.15) is 0 Å². The summed E-state index contributed by atoms with van der Waals surface area (Å²) in [7, 11) is 0. The van der Waals surface area contributed by atoms with Crippen LogP contribution in [0.3, 0.4) is 0 Å². The molecule has 1 aromatic heterocycles. The second kappa shape index (κ2) is 5.89. The van der Waals surface area contributed by atoms with Crippen LogP contribution in [0.1, 0.15) is 21.6 Å². The van der Waals surface area contributed by atoms with E-state index in [1.54, 1.807) is 54.0 Å². The summed E-state index contributed by atoms with van der Waals surface area (Å²) in [6, 6.07) is 11.4. The number of rotatable bonds is 4. The zero-order valence-corrected chi connectivity index (χ0v) is 13.2. The van der Waals surface area contributed by atoms with Gasteiger partial charge in [-0.25, -0.2) is 0 Å². The van der Waals surface area contributed by atoms with Gasteiger partial charge >= 0.3 is 0 Å². The molecule has 1 heterocycles. The van der Waals surface area contributed by atoms with Crippen LogP contribution < -0.4 is 0 Å². The Hall–Kier alpha value is -2.59. The highest BCUT2D eigenvalue weighted by molar-refractivity contribution is 6.30. The van der Waals surface area contributed by atoms with Gasteiger partial charge < -0.3 is 14.5 Å². The Morgan fingerprint density at radius 2 is 1.91 bits per heavy atom. The first-order valence-corrected chi connectivity index (χ1v) is 7.46. The van der Waals surface area contributed by atoms with Gasteiger partial charge in [0.15, 0.2) is 5.78 Å². The number of phenolic OH excluding ortho intramolecular Hbond substituents is 1. The summed E-state index contributed by atoms with van der Waals surface area (Å²) >= 11 is 5.87.